The van der Waals surface area contributed by atoms with Crippen molar-refractivity contribution in [1.29, 1.82) is 0 Å². The zero-order valence-corrected chi connectivity index (χ0v) is 12.0. The van der Waals surface area contributed by atoms with E-state index in [9.17, 15) is 9.59 Å². The Balaban J connectivity index is 2.06. The Bertz CT molecular complexity index is 528. The quantitative estimate of drug-likeness (QED) is 0.877. The van der Waals surface area contributed by atoms with Gasteiger partial charge in [0.2, 0.25) is 11.8 Å². The van der Waals surface area contributed by atoms with Crippen LogP contribution in [0.15, 0.2) is 18.2 Å². The number of hydrogen-bond acceptors (Lipinski definition) is 3. The van der Waals surface area contributed by atoms with Crippen molar-refractivity contribution in [1.82, 2.24) is 0 Å². The molecule has 3 N–H and O–H groups in total. The maximum atomic E-state index is 11.8. The van der Waals surface area contributed by atoms with Gasteiger partial charge in [0.05, 0.1) is 0 Å². The lowest BCUT2D eigenvalue weighted by Crippen LogP contribution is -2.26. The van der Waals surface area contributed by atoms with Gasteiger partial charge in [-0.3, -0.25) is 9.59 Å². The summed E-state index contributed by atoms with van der Waals surface area (Å²) >= 11 is 0. The van der Waals surface area contributed by atoms with Crippen LogP contribution in [-0.4, -0.2) is 24.4 Å². The number of nitrogens with one attached hydrogen (secondary N) is 1. The molecule has 5 heteroatoms. The highest BCUT2D eigenvalue weighted by Crippen LogP contribution is 2.30. The fraction of sp³-hybridized carbons (Fsp3) is 0.467. The molecular formula is C15H21N3O2. The minimum absolute atomic E-state index is 0.0504. The first-order valence-corrected chi connectivity index (χ1v) is 6.97. The van der Waals surface area contributed by atoms with Gasteiger partial charge in [-0.15, -0.1) is 0 Å². The Labute approximate surface area is 119 Å². The second kappa shape index (κ2) is 6.05. The molecule has 0 fully saturated rings. The van der Waals surface area contributed by atoms with E-state index >= 15 is 0 Å². The number of hydrogen-bond donors (Lipinski definition) is 2. The average molecular weight is 275 g/mol. The van der Waals surface area contributed by atoms with E-state index in [0.29, 0.717) is 13.0 Å². The van der Waals surface area contributed by atoms with Gasteiger partial charge in [0, 0.05) is 37.3 Å². The summed E-state index contributed by atoms with van der Waals surface area (Å²) in [6, 6.07) is 5.56. The van der Waals surface area contributed by atoms with Crippen molar-refractivity contribution >= 4 is 23.2 Å². The van der Waals surface area contributed by atoms with Crippen LogP contribution in [0.1, 0.15) is 32.3 Å². The van der Waals surface area contributed by atoms with E-state index in [1.165, 1.54) is 0 Å². The van der Waals surface area contributed by atoms with Gasteiger partial charge in [-0.05, 0) is 36.6 Å². The van der Waals surface area contributed by atoms with E-state index in [2.05, 4.69) is 5.32 Å². The zero-order chi connectivity index (χ0) is 14.7. The molecule has 0 saturated carbocycles. The molecule has 0 radical (unpaired) electrons. The third-order valence-corrected chi connectivity index (χ3v) is 3.61. The molecule has 1 atom stereocenters. The summed E-state index contributed by atoms with van der Waals surface area (Å²) in [7, 11) is 0. The molecule has 1 unspecified atom stereocenters. The van der Waals surface area contributed by atoms with Crippen LogP contribution in [-0.2, 0) is 16.0 Å². The first-order valence-electron chi connectivity index (χ1n) is 6.97. The molecule has 0 aromatic heterocycles. The molecule has 1 heterocycles. The van der Waals surface area contributed by atoms with E-state index in [1.54, 1.807) is 11.8 Å². The Kier molecular flexibility index (Phi) is 4.39. The van der Waals surface area contributed by atoms with Gasteiger partial charge >= 0.3 is 0 Å². The van der Waals surface area contributed by atoms with E-state index < -0.39 is 0 Å². The lowest BCUT2D eigenvalue weighted by molar-refractivity contribution is -0.117. The molecule has 5 nitrogen and oxygen atoms in total. The van der Waals surface area contributed by atoms with Crippen LogP contribution in [0, 0.1) is 0 Å². The highest BCUT2D eigenvalue weighted by molar-refractivity contribution is 5.95. The van der Waals surface area contributed by atoms with Crippen molar-refractivity contribution in [3.05, 3.63) is 23.8 Å². The predicted molar refractivity (Wildman–Crippen MR) is 79.7 cm³/mol. The summed E-state index contributed by atoms with van der Waals surface area (Å²) in [5.41, 5.74) is 8.57. The number of carbonyl (C=O) groups is 2. The number of carbonyl (C=O) groups excluding carboxylic acids is 2. The summed E-state index contributed by atoms with van der Waals surface area (Å²) in [5.74, 6) is -0.0184. The molecule has 2 amide bonds. The number of amides is 2. The van der Waals surface area contributed by atoms with Crippen molar-refractivity contribution in [2.45, 2.75) is 39.2 Å². The van der Waals surface area contributed by atoms with Crippen LogP contribution in [0.4, 0.5) is 11.4 Å². The smallest absolute Gasteiger partial charge is 0.225 e. The fourth-order valence-corrected chi connectivity index (χ4v) is 2.40. The van der Waals surface area contributed by atoms with Crippen LogP contribution in [0.2, 0.25) is 0 Å². The number of nitrogens with two attached hydrogens (primary N) is 1. The molecule has 2 rings (SSSR count). The van der Waals surface area contributed by atoms with Crippen LogP contribution in [0.5, 0.6) is 0 Å². The zero-order valence-electron chi connectivity index (χ0n) is 12.0. The third-order valence-electron chi connectivity index (χ3n) is 3.61. The van der Waals surface area contributed by atoms with Gasteiger partial charge in [0.15, 0.2) is 0 Å². The number of fused-ring (bicyclic) bond motifs is 1. The third kappa shape index (κ3) is 3.17. The van der Waals surface area contributed by atoms with Gasteiger partial charge in [-0.1, -0.05) is 6.92 Å². The SMILES string of the molecule is CCC(N)CC(=O)Nc1ccc2c(c1)CCN2C(C)=O. The van der Waals surface area contributed by atoms with Crippen LogP contribution in [0.25, 0.3) is 0 Å². The Morgan fingerprint density at radius 2 is 2.20 bits per heavy atom. The normalized spacial score (nSPS) is 14.8. The van der Waals surface area contributed by atoms with E-state index in [-0.39, 0.29) is 17.9 Å². The van der Waals surface area contributed by atoms with E-state index in [0.717, 1.165) is 29.8 Å². The lowest BCUT2D eigenvalue weighted by Gasteiger charge is -2.15. The van der Waals surface area contributed by atoms with Crippen molar-refractivity contribution in [3.63, 3.8) is 0 Å². The van der Waals surface area contributed by atoms with Crippen molar-refractivity contribution in [2.24, 2.45) is 5.73 Å². The fourth-order valence-electron chi connectivity index (χ4n) is 2.40. The molecule has 20 heavy (non-hydrogen) atoms. The van der Waals surface area contributed by atoms with Gasteiger partial charge in [-0.2, -0.15) is 0 Å². The molecule has 0 spiro atoms. The summed E-state index contributed by atoms with van der Waals surface area (Å²) in [5, 5.41) is 2.86. The summed E-state index contributed by atoms with van der Waals surface area (Å²) in [4.78, 5) is 25.0. The molecule has 0 saturated heterocycles. The monoisotopic (exact) mass is 275 g/mol. The van der Waals surface area contributed by atoms with Crippen LogP contribution in [0.3, 0.4) is 0 Å². The first kappa shape index (κ1) is 14.5. The van der Waals surface area contributed by atoms with Gasteiger partial charge in [0.1, 0.15) is 0 Å². The first-order chi connectivity index (χ1) is 9.51. The molecule has 1 aliphatic heterocycles. The van der Waals surface area contributed by atoms with E-state index in [4.69, 9.17) is 5.73 Å². The van der Waals surface area contributed by atoms with Crippen molar-refractivity contribution < 1.29 is 9.59 Å². The molecular weight excluding hydrogens is 254 g/mol. The molecule has 1 aromatic carbocycles. The molecule has 108 valence electrons. The second-order valence-electron chi connectivity index (χ2n) is 5.18. The Morgan fingerprint density at radius 3 is 2.85 bits per heavy atom. The number of anilines is 2. The minimum Gasteiger partial charge on any atom is -0.327 e. The van der Waals surface area contributed by atoms with Crippen LogP contribution < -0.4 is 16.0 Å². The highest BCUT2D eigenvalue weighted by Gasteiger charge is 2.22. The van der Waals surface area contributed by atoms with Gasteiger partial charge < -0.3 is 16.0 Å². The molecule has 1 aromatic rings. The predicted octanol–water partition coefficient (Wildman–Crippen LogP) is 1.66. The number of benzene rings is 1. The minimum atomic E-state index is -0.0994. The largest absolute Gasteiger partial charge is 0.327 e. The standard InChI is InChI=1S/C15H21N3O2/c1-3-12(16)9-15(20)17-13-4-5-14-11(8-13)6-7-18(14)10(2)19/h4-5,8,12H,3,6-7,9,16H2,1-2H3,(H,17,20). The number of rotatable bonds is 4. The second-order valence-corrected chi connectivity index (χ2v) is 5.18. The molecule has 1 aliphatic rings. The highest BCUT2D eigenvalue weighted by atomic mass is 16.2. The maximum absolute atomic E-state index is 11.8. The van der Waals surface area contributed by atoms with E-state index in [1.807, 2.05) is 25.1 Å². The van der Waals surface area contributed by atoms with Crippen molar-refractivity contribution in [2.75, 3.05) is 16.8 Å². The van der Waals surface area contributed by atoms with Crippen LogP contribution >= 0.6 is 0 Å². The summed E-state index contributed by atoms with van der Waals surface area (Å²) in [6.07, 6.45) is 1.94. The topological polar surface area (TPSA) is 75.4 Å². The lowest BCUT2D eigenvalue weighted by atomic mass is 10.1. The van der Waals surface area contributed by atoms with Gasteiger partial charge in [-0.25, -0.2) is 0 Å². The number of nitrogens with zero attached hydrogens (tertiary/aromatic N) is 1. The van der Waals surface area contributed by atoms with Crippen molar-refractivity contribution in [3.8, 4) is 0 Å². The average Bonchev–Trinajstić information content (AvgIpc) is 2.81. The summed E-state index contributed by atoms with van der Waals surface area (Å²) in [6.45, 7) is 4.24. The Hall–Kier alpha value is -1.88. The summed E-state index contributed by atoms with van der Waals surface area (Å²) < 4.78 is 0. The molecule has 0 bridgehead atoms. The van der Waals surface area contributed by atoms with Gasteiger partial charge in [0.25, 0.3) is 0 Å². The molecule has 0 aliphatic carbocycles. The Morgan fingerprint density at radius 1 is 1.45 bits per heavy atom. The maximum Gasteiger partial charge on any atom is 0.225 e.